The van der Waals surface area contributed by atoms with Gasteiger partial charge in [-0.05, 0) is 23.7 Å². The second-order valence-electron chi connectivity index (χ2n) is 3.70. The number of urea groups is 1. The summed E-state index contributed by atoms with van der Waals surface area (Å²) in [6.07, 6.45) is 0. The average Bonchev–Trinajstić information content (AvgIpc) is 2.72. The van der Waals surface area contributed by atoms with Crippen LogP contribution >= 0.6 is 11.5 Å². The largest absolute Gasteiger partial charge is 0.480 e. The lowest BCUT2D eigenvalue weighted by molar-refractivity contribution is 0.231. The fourth-order valence-electron chi connectivity index (χ4n) is 1.41. The first kappa shape index (κ1) is 11.7. The van der Waals surface area contributed by atoms with Crippen LogP contribution in [-0.4, -0.2) is 36.5 Å². The number of carbonyl (C=O) groups excluding carboxylic acids is 1. The maximum Gasteiger partial charge on any atom is 0.321 e. The lowest BCUT2D eigenvalue weighted by Gasteiger charge is -2.12. The molecule has 1 aromatic heterocycles. The molecule has 0 unspecified atom stereocenters. The van der Waals surface area contributed by atoms with E-state index >= 15 is 0 Å². The van der Waals surface area contributed by atoms with Crippen LogP contribution in [0.2, 0.25) is 0 Å². The summed E-state index contributed by atoms with van der Waals surface area (Å²) in [5.41, 5.74) is 0.752. The molecule has 90 valence electrons. The van der Waals surface area contributed by atoms with E-state index in [0.29, 0.717) is 5.88 Å². The number of anilines is 1. The fraction of sp³-hybridized carbons (Fsp3) is 0.273. The number of ether oxygens (including phenoxy) is 1. The Kier molecular flexibility index (Phi) is 3.14. The number of rotatable bonds is 2. The minimum absolute atomic E-state index is 0.162. The summed E-state index contributed by atoms with van der Waals surface area (Å²) in [7, 11) is 4.98. The van der Waals surface area contributed by atoms with E-state index in [9.17, 15) is 4.79 Å². The topological polar surface area (TPSA) is 54.5 Å². The van der Waals surface area contributed by atoms with Crippen LogP contribution in [0.1, 0.15) is 0 Å². The maximum atomic E-state index is 11.6. The Hall–Kier alpha value is -1.82. The van der Waals surface area contributed by atoms with Crippen LogP contribution in [0.4, 0.5) is 10.5 Å². The van der Waals surface area contributed by atoms with E-state index in [1.54, 1.807) is 21.2 Å². The van der Waals surface area contributed by atoms with Crippen LogP contribution < -0.4 is 10.1 Å². The highest BCUT2D eigenvalue weighted by Gasteiger charge is 2.12. The molecule has 1 heterocycles. The molecule has 2 amide bonds. The van der Waals surface area contributed by atoms with Gasteiger partial charge in [0.15, 0.2) is 0 Å². The summed E-state index contributed by atoms with van der Waals surface area (Å²) in [4.78, 5) is 13.1. The normalized spacial score (nSPS) is 10.3. The van der Waals surface area contributed by atoms with Gasteiger partial charge < -0.3 is 15.0 Å². The fourth-order valence-corrected chi connectivity index (χ4v) is 2.23. The summed E-state index contributed by atoms with van der Waals surface area (Å²) in [6, 6.07) is 5.47. The van der Waals surface area contributed by atoms with Crippen LogP contribution in [0.25, 0.3) is 10.1 Å². The highest BCUT2D eigenvalue weighted by molar-refractivity contribution is 7.14. The Labute approximate surface area is 103 Å². The number of fused-ring (bicyclic) bond motifs is 1. The molecule has 0 aliphatic heterocycles. The number of amides is 2. The molecule has 0 spiro atoms. The molecular weight excluding hydrogens is 238 g/mol. The molecule has 1 N–H and O–H groups in total. The minimum Gasteiger partial charge on any atom is -0.480 e. The van der Waals surface area contributed by atoms with Gasteiger partial charge in [0.05, 0.1) is 22.9 Å². The van der Waals surface area contributed by atoms with Crippen LogP contribution in [-0.2, 0) is 0 Å². The minimum atomic E-state index is -0.162. The monoisotopic (exact) mass is 251 g/mol. The Morgan fingerprint density at radius 2 is 2.24 bits per heavy atom. The van der Waals surface area contributed by atoms with Crippen LogP contribution in [0.15, 0.2) is 18.2 Å². The summed E-state index contributed by atoms with van der Waals surface area (Å²) in [5.74, 6) is 0.589. The van der Waals surface area contributed by atoms with Crippen molar-refractivity contribution in [3.8, 4) is 5.88 Å². The average molecular weight is 251 g/mol. The highest BCUT2D eigenvalue weighted by atomic mass is 32.1. The number of hydrogen-bond donors (Lipinski definition) is 1. The predicted molar refractivity (Wildman–Crippen MR) is 68.9 cm³/mol. The molecule has 0 aliphatic carbocycles. The molecule has 2 aromatic rings. The molecule has 2 rings (SSSR count). The van der Waals surface area contributed by atoms with Crippen molar-refractivity contribution in [2.75, 3.05) is 26.5 Å². The van der Waals surface area contributed by atoms with E-state index in [0.717, 1.165) is 15.8 Å². The van der Waals surface area contributed by atoms with Gasteiger partial charge in [0, 0.05) is 14.1 Å². The van der Waals surface area contributed by atoms with Gasteiger partial charge in [-0.2, -0.15) is 4.37 Å². The molecular formula is C11H13N3O2S. The number of aromatic nitrogens is 1. The second-order valence-corrected chi connectivity index (χ2v) is 4.47. The van der Waals surface area contributed by atoms with Gasteiger partial charge in [-0.25, -0.2) is 4.79 Å². The lowest BCUT2D eigenvalue weighted by atomic mass is 10.2. The summed E-state index contributed by atoms with van der Waals surface area (Å²) >= 11 is 1.31. The number of nitrogens with zero attached hydrogens (tertiary/aromatic N) is 2. The molecule has 0 fully saturated rings. The van der Waals surface area contributed by atoms with Gasteiger partial charge in [-0.15, -0.1) is 0 Å². The van der Waals surface area contributed by atoms with Crippen molar-refractivity contribution < 1.29 is 9.53 Å². The lowest BCUT2D eigenvalue weighted by Crippen LogP contribution is -2.27. The number of methoxy groups -OCH3 is 1. The zero-order valence-corrected chi connectivity index (χ0v) is 10.7. The first-order valence-corrected chi connectivity index (χ1v) is 5.81. The number of hydrogen-bond acceptors (Lipinski definition) is 4. The quantitative estimate of drug-likeness (QED) is 0.891. The molecule has 0 radical (unpaired) electrons. The highest BCUT2D eigenvalue weighted by Crippen LogP contribution is 2.33. The van der Waals surface area contributed by atoms with E-state index in [4.69, 9.17) is 4.74 Å². The van der Waals surface area contributed by atoms with Crippen molar-refractivity contribution >= 4 is 33.3 Å². The smallest absolute Gasteiger partial charge is 0.321 e. The van der Waals surface area contributed by atoms with Gasteiger partial charge in [0.1, 0.15) is 0 Å². The van der Waals surface area contributed by atoms with Crippen molar-refractivity contribution in [3.63, 3.8) is 0 Å². The second kappa shape index (κ2) is 4.58. The molecule has 17 heavy (non-hydrogen) atoms. The first-order valence-electron chi connectivity index (χ1n) is 5.04. The van der Waals surface area contributed by atoms with Gasteiger partial charge in [-0.3, -0.25) is 0 Å². The molecule has 0 saturated heterocycles. The third kappa shape index (κ3) is 2.16. The Morgan fingerprint density at radius 1 is 1.47 bits per heavy atom. The third-order valence-corrected chi connectivity index (χ3v) is 3.19. The van der Waals surface area contributed by atoms with Gasteiger partial charge in [-0.1, -0.05) is 6.07 Å². The van der Waals surface area contributed by atoms with E-state index in [-0.39, 0.29) is 6.03 Å². The van der Waals surface area contributed by atoms with Gasteiger partial charge >= 0.3 is 6.03 Å². The van der Waals surface area contributed by atoms with Crippen molar-refractivity contribution in [2.45, 2.75) is 0 Å². The van der Waals surface area contributed by atoms with Crippen LogP contribution in [0.5, 0.6) is 5.88 Å². The molecule has 5 nitrogen and oxygen atoms in total. The Balaban J connectivity index is 2.41. The zero-order chi connectivity index (χ0) is 12.4. The maximum absolute atomic E-state index is 11.6. The van der Waals surface area contributed by atoms with Gasteiger partial charge in [0.25, 0.3) is 0 Å². The standard InChI is InChI=1S/C11H13N3O2S/c1-14(2)11(15)12-8-6-4-5-7-9(8)17-13-10(7)16-3/h4-6H,1-3H3,(H,12,15). The Bertz CT molecular complexity index is 551. The van der Waals surface area contributed by atoms with Crippen LogP contribution in [0, 0.1) is 0 Å². The number of carbonyl (C=O) groups is 1. The summed E-state index contributed by atoms with van der Waals surface area (Å²) in [5, 5.41) is 3.73. The molecule has 0 aliphatic rings. The molecule has 1 aromatic carbocycles. The molecule has 0 atom stereocenters. The van der Waals surface area contributed by atoms with Gasteiger partial charge in [0.2, 0.25) is 5.88 Å². The van der Waals surface area contributed by atoms with Crippen molar-refractivity contribution in [1.29, 1.82) is 0 Å². The van der Waals surface area contributed by atoms with Crippen molar-refractivity contribution in [1.82, 2.24) is 9.27 Å². The van der Waals surface area contributed by atoms with E-state index < -0.39 is 0 Å². The predicted octanol–water partition coefficient (Wildman–Crippen LogP) is 2.40. The molecule has 0 saturated carbocycles. The Morgan fingerprint density at radius 3 is 2.88 bits per heavy atom. The van der Waals surface area contributed by atoms with Crippen LogP contribution in [0.3, 0.4) is 0 Å². The van der Waals surface area contributed by atoms with E-state index in [2.05, 4.69) is 9.69 Å². The number of benzene rings is 1. The third-order valence-electron chi connectivity index (χ3n) is 2.31. The van der Waals surface area contributed by atoms with E-state index in [1.165, 1.54) is 16.4 Å². The number of nitrogens with one attached hydrogen (secondary N) is 1. The SMILES string of the molecule is COc1nsc2c(NC(=O)N(C)C)cccc12. The molecule has 6 heteroatoms. The summed E-state index contributed by atoms with van der Waals surface area (Å²) < 4.78 is 10.2. The first-order chi connectivity index (χ1) is 8.13. The summed E-state index contributed by atoms with van der Waals surface area (Å²) in [6.45, 7) is 0. The zero-order valence-electron chi connectivity index (χ0n) is 9.85. The van der Waals surface area contributed by atoms with Crippen molar-refractivity contribution in [3.05, 3.63) is 18.2 Å². The van der Waals surface area contributed by atoms with Crippen molar-refractivity contribution in [2.24, 2.45) is 0 Å². The van der Waals surface area contributed by atoms with E-state index in [1.807, 2.05) is 18.2 Å². The molecule has 0 bridgehead atoms.